The second-order valence-corrected chi connectivity index (χ2v) is 5.03. The molecule has 1 saturated heterocycles. The highest BCUT2D eigenvalue weighted by atomic mass is 16.7. The number of ether oxygens (including phenoxy) is 6. The van der Waals surface area contributed by atoms with E-state index in [0.29, 0.717) is 12.4 Å². The van der Waals surface area contributed by atoms with E-state index >= 15 is 0 Å². The molecule has 1 heterocycles. The molecule has 22 heavy (non-hydrogen) atoms. The van der Waals surface area contributed by atoms with Crippen LogP contribution in [0, 0.1) is 0 Å². The Kier molecular flexibility index (Phi) is 6.60. The molecule has 1 aliphatic rings. The van der Waals surface area contributed by atoms with Crippen molar-refractivity contribution in [2.24, 2.45) is 0 Å². The first-order chi connectivity index (χ1) is 10.7. The molecule has 0 N–H and O–H groups in total. The van der Waals surface area contributed by atoms with Crippen LogP contribution >= 0.6 is 0 Å². The second-order valence-electron chi connectivity index (χ2n) is 5.03. The third kappa shape index (κ3) is 3.77. The van der Waals surface area contributed by atoms with Gasteiger partial charge in [-0.1, -0.05) is 18.2 Å². The molecule has 6 nitrogen and oxygen atoms in total. The van der Waals surface area contributed by atoms with Crippen LogP contribution in [0.3, 0.4) is 0 Å². The molecule has 124 valence electrons. The highest BCUT2D eigenvalue weighted by Crippen LogP contribution is 2.29. The van der Waals surface area contributed by atoms with Crippen LogP contribution < -0.4 is 4.74 Å². The van der Waals surface area contributed by atoms with Gasteiger partial charge in [-0.25, -0.2) is 0 Å². The zero-order valence-electron chi connectivity index (χ0n) is 13.4. The number of methoxy groups -OCH3 is 4. The minimum atomic E-state index is -0.608. The van der Waals surface area contributed by atoms with Crippen LogP contribution in [0.25, 0.3) is 0 Å². The molecule has 0 aromatic heterocycles. The topological polar surface area (TPSA) is 55.4 Å². The van der Waals surface area contributed by atoms with Crippen LogP contribution in [0.1, 0.15) is 0 Å². The van der Waals surface area contributed by atoms with Crippen LogP contribution in [0.4, 0.5) is 0 Å². The molecule has 0 spiro atoms. The monoisotopic (exact) mass is 312 g/mol. The predicted octanol–water partition coefficient (Wildman–Crippen LogP) is 1.48. The van der Waals surface area contributed by atoms with Crippen LogP contribution in [-0.4, -0.2) is 65.8 Å². The van der Waals surface area contributed by atoms with Gasteiger partial charge in [-0.15, -0.1) is 0 Å². The van der Waals surface area contributed by atoms with Crippen molar-refractivity contribution in [3.05, 3.63) is 30.3 Å². The zero-order chi connectivity index (χ0) is 15.9. The van der Waals surface area contributed by atoms with Crippen molar-refractivity contribution in [1.82, 2.24) is 0 Å². The molecule has 5 atom stereocenters. The van der Waals surface area contributed by atoms with Gasteiger partial charge in [0.2, 0.25) is 6.29 Å². The summed E-state index contributed by atoms with van der Waals surface area (Å²) in [6.07, 6.45) is -1.95. The van der Waals surface area contributed by atoms with E-state index in [4.69, 9.17) is 28.4 Å². The van der Waals surface area contributed by atoms with Crippen LogP contribution in [0.15, 0.2) is 30.3 Å². The first-order valence-corrected chi connectivity index (χ1v) is 7.19. The van der Waals surface area contributed by atoms with E-state index in [1.165, 1.54) is 0 Å². The summed E-state index contributed by atoms with van der Waals surface area (Å²) in [5.41, 5.74) is 0. The first-order valence-electron chi connectivity index (χ1n) is 7.19. The molecule has 0 saturated carbocycles. The van der Waals surface area contributed by atoms with Crippen molar-refractivity contribution in [2.75, 3.05) is 35.0 Å². The minimum absolute atomic E-state index is 0.300. The number of para-hydroxylation sites is 1. The molecular formula is C16H24O6. The second kappa shape index (κ2) is 8.45. The Labute approximate surface area is 131 Å². The normalized spacial score (nSPS) is 31.9. The summed E-state index contributed by atoms with van der Waals surface area (Å²) in [7, 11) is 6.46. The fourth-order valence-corrected chi connectivity index (χ4v) is 2.71. The van der Waals surface area contributed by atoms with Gasteiger partial charge in [0, 0.05) is 28.4 Å². The molecule has 0 amide bonds. The van der Waals surface area contributed by atoms with Gasteiger partial charge in [-0.3, -0.25) is 0 Å². The van der Waals surface area contributed by atoms with Gasteiger partial charge >= 0.3 is 0 Å². The van der Waals surface area contributed by atoms with E-state index in [0.717, 1.165) is 0 Å². The molecule has 0 bridgehead atoms. The van der Waals surface area contributed by atoms with E-state index < -0.39 is 12.4 Å². The largest absolute Gasteiger partial charge is 0.462 e. The maximum absolute atomic E-state index is 5.99. The Bertz CT molecular complexity index is 426. The lowest BCUT2D eigenvalue weighted by molar-refractivity contribution is -0.292. The van der Waals surface area contributed by atoms with E-state index in [2.05, 4.69) is 0 Å². The molecule has 0 radical (unpaired) electrons. The van der Waals surface area contributed by atoms with Gasteiger partial charge in [0.05, 0.1) is 6.61 Å². The summed E-state index contributed by atoms with van der Waals surface area (Å²) >= 11 is 0. The van der Waals surface area contributed by atoms with Crippen molar-refractivity contribution in [1.29, 1.82) is 0 Å². The first kappa shape index (κ1) is 17.2. The van der Waals surface area contributed by atoms with Crippen LogP contribution in [-0.2, 0) is 23.7 Å². The maximum atomic E-state index is 5.99. The fourth-order valence-electron chi connectivity index (χ4n) is 2.71. The van der Waals surface area contributed by atoms with E-state index in [9.17, 15) is 0 Å². The molecule has 1 aliphatic heterocycles. The van der Waals surface area contributed by atoms with E-state index in [1.54, 1.807) is 28.4 Å². The van der Waals surface area contributed by atoms with Gasteiger partial charge in [0.25, 0.3) is 0 Å². The molecule has 1 aromatic carbocycles. The number of benzene rings is 1. The van der Waals surface area contributed by atoms with Gasteiger partial charge in [-0.05, 0) is 12.1 Å². The van der Waals surface area contributed by atoms with Crippen molar-refractivity contribution >= 4 is 0 Å². The molecule has 1 aromatic rings. The summed E-state index contributed by atoms with van der Waals surface area (Å²) in [5, 5.41) is 0. The predicted molar refractivity (Wildman–Crippen MR) is 80.0 cm³/mol. The maximum Gasteiger partial charge on any atom is 0.229 e. The van der Waals surface area contributed by atoms with Crippen molar-refractivity contribution in [3.8, 4) is 5.75 Å². The minimum Gasteiger partial charge on any atom is -0.462 e. The Morgan fingerprint density at radius 1 is 0.864 bits per heavy atom. The lowest BCUT2D eigenvalue weighted by Crippen LogP contribution is -2.62. The lowest BCUT2D eigenvalue weighted by atomic mass is 9.98. The SMILES string of the molecule is COCC1OC(Oc2ccccc2)C(OC)C(OC)C1OC. The number of hydrogen-bond donors (Lipinski definition) is 0. The highest BCUT2D eigenvalue weighted by molar-refractivity contribution is 5.21. The summed E-state index contributed by atoms with van der Waals surface area (Å²) in [6.45, 7) is 0.378. The average Bonchev–Trinajstić information content (AvgIpc) is 2.55. The fraction of sp³-hybridized carbons (Fsp3) is 0.625. The molecular weight excluding hydrogens is 288 g/mol. The van der Waals surface area contributed by atoms with Gasteiger partial charge in [0.15, 0.2) is 0 Å². The van der Waals surface area contributed by atoms with Crippen LogP contribution in [0.5, 0.6) is 5.75 Å². The Hall–Kier alpha value is -1.18. The summed E-state index contributed by atoms with van der Waals surface area (Å²) in [6, 6.07) is 9.46. The van der Waals surface area contributed by atoms with Crippen LogP contribution in [0.2, 0.25) is 0 Å². The highest BCUT2D eigenvalue weighted by Gasteiger charge is 2.48. The summed E-state index contributed by atoms with van der Waals surface area (Å²) in [5.74, 6) is 0.705. The lowest BCUT2D eigenvalue weighted by Gasteiger charge is -2.44. The van der Waals surface area contributed by atoms with Crippen molar-refractivity contribution in [3.63, 3.8) is 0 Å². The molecule has 5 unspecified atom stereocenters. The third-order valence-electron chi connectivity index (χ3n) is 3.73. The molecule has 2 rings (SSSR count). The Morgan fingerprint density at radius 2 is 1.50 bits per heavy atom. The van der Waals surface area contributed by atoms with Crippen molar-refractivity contribution in [2.45, 2.75) is 30.7 Å². The summed E-state index contributed by atoms with van der Waals surface area (Å²) < 4.78 is 33.8. The summed E-state index contributed by atoms with van der Waals surface area (Å²) in [4.78, 5) is 0. The number of hydrogen-bond acceptors (Lipinski definition) is 6. The Morgan fingerprint density at radius 3 is 2.05 bits per heavy atom. The average molecular weight is 312 g/mol. The van der Waals surface area contributed by atoms with Gasteiger partial charge in [0.1, 0.15) is 30.2 Å². The van der Waals surface area contributed by atoms with Gasteiger partial charge in [-0.2, -0.15) is 0 Å². The van der Waals surface area contributed by atoms with E-state index in [-0.39, 0.29) is 18.3 Å². The third-order valence-corrected chi connectivity index (χ3v) is 3.73. The molecule has 6 heteroatoms. The molecule has 1 fully saturated rings. The molecule has 0 aliphatic carbocycles. The van der Waals surface area contributed by atoms with Crippen molar-refractivity contribution < 1.29 is 28.4 Å². The Balaban J connectivity index is 2.19. The van der Waals surface area contributed by atoms with Gasteiger partial charge < -0.3 is 28.4 Å². The smallest absolute Gasteiger partial charge is 0.229 e. The zero-order valence-corrected chi connectivity index (χ0v) is 13.4. The number of rotatable bonds is 7. The quantitative estimate of drug-likeness (QED) is 0.760. The standard InChI is InChI=1S/C16H24O6/c1-17-10-12-13(18-2)14(19-3)15(20-4)16(22-12)21-11-8-6-5-7-9-11/h5-9,12-16H,10H2,1-4H3. The van der Waals surface area contributed by atoms with E-state index in [1.807, 2.05) is 30.3 Å².